The fourth-order valence-corrected chi connectivity index (χ4v) is 13.5. The molecule has 0 aromatic rings. The van der Waals surface area contributed by atoms with Gasteiger partial charge in [0.1, 0.15) is 36.6 Å². The highest BCUT2D eigenvalue weighted by Crippen LogP contribution is 2.75. The van der Waals surface area contributed by atoms with Crippen LogP contribution in [0, 0.1) is 50.2 Å². The number of carboxylic acids is 3. The molecule has 7 rings (SSSR count). The third kappa shape index (κ3) is 6.41. The molecule has 5 aliphatic carbocycles. The number of rotatable bonds is 7. The van der Waals surface area contributed by atoms with Crippen molar-refractivity contribution in [2.24, 2.45) is 50.2 Å². The van der Waals surface area contributed by atoms with Gasteiger partial charge in [0.15, 0.2) is 30.6 Å². The standard InChI is InChI=1S/C42H62O16/c1-37(2)15-18(55-35-30(26(47)25(46)29(57-35)33(51)52)58-34-27(48)23(44)24(45)28(56-34)32(49)50)16-40(5)22(37)8-9-42(7)31(40)21(43)14-19-20-17-39(4,36(53)54)11-10-38(20,3)12-13-41(19,42)6/h14,18,20,22-31,34-35,44-48H,8-13,15-17H2,1-7H3,(H,49,50)(H,51,52)(H,53,54). The first-order valence-electron chi connectivity index (χ1n) is 20.7. The van der Waals surface area contributed by atoms with Crippen molar-refractivity contribution >= 4 is 23.7 Å². The molecule has 16 nitrogen and oxygen atoms in total. The van der Waals surface area contributed by atoms with E-state index in [1.165, 1.54) is 0 Å². The van der Waals surface area contributed by atoms with Gasteiger partial charge >= 0.3 is 17.9 Å². The lowest BCUT2D eigenvalue weighted by molar-refractivity contribution is -0.368. The molecule has 8 N–H and O–H groups in total. The van der Waals surface area contributed by atoms with Crippen LogP contribution in [0.3, 0.4) is 0 Å². The van der Waals surface area contributed by atoms with Crippen LogP contribution in [0.15, 0.2) is 11.6 Å². The molecule has 2 saturated heterocycles. The van der Waals surface area contributed by atoms with Gasteiger partial charge in [0, 0.05) is 5.92 Å². The highest BCUT2D eigenvalue weighted by molar-refractivity contribution is 5.95. The molecule has 326 valence electrons. The number of fused-ring (bicyclic) bond motifs is 7. The number of hydrogen-bond donors (Lipinski definition) is 8. The van der Waals surface area contributed by atoms with E-state index in [4.69, 9.17) is 18.9 Å². The van der Waals surface area contributed by atoms with Crippen LogP contribution < -0.4 is 0 Å². The Morgan fingerprint density at radius 1 is 0.690 bits per heavy atom. The fourth-order valence-electron chi connectivity index (χ4n) is 13.5. The van der Waals surface area contributed by atoms with Gasteiger partial charge in [0.25, 0.3) is 0 Å². The van der Waals surface area contributed by atoms with Gasteiger partial charge in [-0.05, 0) is 110 Å². The molecule has 6 fully saturated rings. The second-order valence-electron chi connectivity index (χ2n) is 20.8. The third-order valence-corrected chi connectivity index (χ3v) is 16.9. The van der Waals surface area contributed by atoms with Gasteiger partial charge in [-0.2, -0.15) is 0 Å². The molecule has 19 atom stereocenters. The molecule has 4 saturated carbocycles. The van der Waals surface area contributed by atoms with Crippen molar-refractivity contribution in [1.82, 2.24) is 0 Å². The van der Waals surface area contributed by atoms with Crippen molar-refractivity contribution in [1.29, 1.82) is 0 Å². The van der Waals surface area contributed by atoms with Gasteiger partial charge in [-0.1, -0.05) is 47.1 Å². The Morgan fingerprint density at radius 3 is 1.88 bits per heavy atom. The van der Waals surface area contributed by atoms with E-state index in [9.17, 15) is 60.0 Å². The lowest BCUT2D eigenvalue weighted by Gasteiger charge is -2.70. The number of aliphatic hydroxyl groups excluding tert-OH is 5. The zero-order valence-electron chi connectivity index (χ0n) is 34.4. The second-order valence-corrected chi connectivity index (χ2v) is 20.8. The second kappa shape index (κ2) is 14.3. The summed E-state index contributed by atoms with van der Waals surface area (Å²) in [6.45, 7) is 14.9. The van der Waals surface area contributed by atoms with Gasteiger partial charge in [-0.25, -0.2) is 9.59 Å². The van der Waals surface area contributed by atoms with Gasteiger partial charge in [-0.3, -0.25) is 9.59 Å². The summed E-state index contributed by atoms with van der Waals surface area (Å²) < 4.78 is 23.4. The first-order chi connectivity index (χ1) is 26.7. The van der Waals surface area contributed by atoms with Crippen LogP contribution in [0.4, 0.5) is 0 Å². The number of carbonyl (C=O) groups is 4. The van der Waals surface area contributed by atoms with Crippen molar-refractivity contribution in [3.05, 3.63) is 11.6 Å². The van der Waals surface area contributed by atoms with E-state index in [1.807, 2.05) is 13.0 Å². The van der Waals surface area contributed by atoms with Crippen LogP contribution in [0.5, 0.6) is 0 Å². The number of aliphatic carboxylic acids is 3. The zero-order chi connectivity index (χ0) is 42.9. The van der Waals surface area contributed by atoms with Crippen molar-refractivity contribution in [3.63, 3.8) is 0 Å². The summed E-state index contributed by atoms with van der Waals surface area (Å²) in [6, 6.07) is 0. The Kier molecular flexibility index (Phi) is 10.7. The van der Waals surface area contributed by atoms with Crippen molar-refractivity contribution < 1.29 is 79.0 Å². The normalized spacial score (nSPS) is 52.6. The molecule has 0 aromatic carbocycles. The summed E-state index contributed by atoms with van der Waals surface area (Å²) >= 11 is 0. The molecule has 58 heavy (non-hydrogen) atoms. The number of carbonyl (C=O) groups excluding carboxylic acids is 1. The smallest absolute Gasteiger partial charge is 0.335 e. The average Bonchev–Trinajstić information content (AvgIpc) is 3.11. The van der Waals surface area contributed by atoms with Gasteiger partial charge < -0.3 is 59.8 Å². The average molecular weight is 823 g/mol. The molecule has 16 heteroatoms. The lowest BCUT2D eigenvalue weighted by atomic mass is 9.33. The molecule has 0 spiro atoms. The quantitative estimate of drug-likeness (QED) is 0.171. The summed E-state index contributed by atoms with van der Waals surface area (Å²) in [5.74, 6) is -4.55. The van der Waals surface area contributed by atoms with Crippen molar-refractivity contribution in [3.8, 4) is 0 Å². The topological polar surface area (TPSA) is 267 Å². The molecular formula is C42H62O16. The molecule has 19 unspecified atom stereocenters. The number of ether oxygens (including phenoxy) is 4. The Labute approximate surface area is 337 Å². The third-order valence-electron chi connectivity index (χ3n) is 16.9. The Morgan fingerprint density at radius 2 is 1.28 bits per heavy atom. The minimum atomic E-state index is -2.06. The minimum Gasteiger partial charge on any atom is -0.481 e. The number of hydrogen-bond acceptors (Lipinski definition) is 13. The number of ketones is 1. The maximum atomic E-state index is 15.0. The van der Waals surface area contributed by atoms with E-state index in [0.717, 1.165) is 37.7 Å². The van der Waals surface area contributed by atoms with Crippen LogP contribution >= 0.6 is 0 Å². The predicted molar refractivity (Wildman–Crippen MR) is 199 cm³/mol. The lowest BCUT2D eigenvalue weighted by Crippen LogP contribution is -2.67. The largest absolute Gasteiger partial charge is 0.481 e. The summed E-state index contributed by atoms with van der Waals surface area (Å²) in [4.78, 5) is 51.6. The highest BCUT2D eigenvalue weighted by atomic mass is 16.8. The SMILES string of the molecule is CC1(C(=O)O)CCC2(C)CCC3(C)C(=CC(=O)C4C5(C)CC(OC6OC(C(=O)O)C(O)C(O)C6OC6OC(C(=O)O)C(O)C(O)C6O)CC(C)(C)C5CCC43C)C2C1. The summed E-state index contributed by atoms with van der Waals surface area (Å²) in [5, 5.41) is 83.2. The van der Waals surface area contributed by atoms with E-state index in [-0.39, 0.29) is 23.0 Å². The maximum Gasteiger partial charge on any atom is 0.335 e. The number of aliphatic hydroxyl groups is 5. The molecule has 0 radical (unpaired) electrons. The van der Waals surface area contributed by atoms with E-state index >= 15 is 0 Å². The molecule has 7 aliphatic rings. The van der Waals surface area contributed by atoms with Crippen molar-refractivity contribution in [2.45, 2.75) is 174 Å². The summed E-state index contributed by atoms with van der Waals surface area (Å²) in [5.41, 5.74) is -1.94. The van der Waals surface area contributed by atoms with Crippen LogP contribution in [0.25, 0.3) is 0 Å². The minimum absolute atomic E-state index is 0.00209. The van der Waals surface area contributed by atoms with E-state index in [0.29, 0.717) is 25.7 Å². The van der Waals surface area contributed by atoms with E-state index < -0.39 is 118 Å². The van der Waals surface area contributed by atoms with Gasteiger partial charge in [0.2, 0.25) is 0 Å². The van der Waals surface area contributed by atoms with Crippen LogP contribution in [0.1, 0.15) is 106 Å². The van der Waals surface area contributed by atoms with Gasteiger partial charge in [0.05, 0.1) is 11.5 Å². The molecule has 0 aromatic heterocycles. The maximum absolute atomic E-state index is 15.0. The fraction of sp³-hybridized carbons (Fsp3) is 0.857. The zero-order valence-corrected chi connectivity index (χ0v) is 34.4. The molecule has 0 bridgehead atoms. The van der Waals surface area contributed by atoms with E-state index in [2.05, 4.69) is 41.5 Å². The molecular weight excluding hydrogens is 760 g/mol. The highest BCUT2D eigenvalue weighted by Gasteiger charge is 2.70. The Balaban J connectivity index is 1.22. The molecule has 2 heterocycles. The molecule has 0 amide bonds. The van der Waals surface area contributed by atoms with Crippen LogP contribution in [-0.4, -0.2) is 132 Å². The predicted octanol–water partition coefficient (Wildman–Crippen LogP) is 2.25. The molecule has 2 aliphatic heterocycles. The van der Waals surface area contributed by atoms with Gasteiger partial charge in [-0.15, -0.1) is 0 Å². The van der Waals surface area contributed by atoms with E-state index in [1.54, 1.807) is 0 Å². The summed E-state index contributed by atoms with van der Waals surface area (Å²) in [7, 11) is 0. The Bertz CT molecular complexity index is 1730. The number of carboxylic acid groups (broad SMARTS) is 3. The number of allylic oxidation sites excluding steroid dienone is 2. The Hall–Kier alpha value is -2.54. The van der Waals surface area contributed by atoms with Crippen molar-refractivity contribution in [2.75, 3.05) is 0 Å². The monoisotopic (exact) mass is 822 g/mol. The van der Waals surface area contributed by atoms with Crippen LogP contribution in [-0.2, 0) is 38.1 Å². The van der Waals surface area contributed by atoms with Crippen LogP contribution in [0.2, 0.25) is 0 Å². The first-order valence-corrected chi connectivity index (χ1v) is 20.7. The first kappa shape index (κ1) is 43.5. The summed E-state index contributed by atoms with van der Waals surface area (Å²) in [6.07, 6.45) is -12.6.